The lowest BCUT2D eigenvalue weighted by Crippen LogP contribution is -2.45. The fourth-order valence-electron chi connectivity index (χ4n) is 4.69. The summed E-state index contributed by atoms with van der Waals surface area (Å²) >= 11 is 0. The van der Waals surface area contributed by atoms with Crippen LogP contribution in [-0.2, 0) is 4.74 Å². The zero-order valence-electron chi connectivity index (χ0n) is 19.6. The smallest absolute Gasteiger partial charge is 0.137 e. The van der Waals surface area contributed by atoms with Gasteiger partial charge in [-0.15, -0.1) is 0 Å². The van der Waals surface area contributed by atoms with Gasteiger partial charge in [0, 0.05) is 47.6 Å². The Morgan fingerprint density at radius 3 is 2.24 bits per heavy atom. The van der Waals surface area contributed by atoms with Crippen LogP contribution in [0.5, 0.6) is 5.75 Å². The molecule has 1 aliphatic heterocycles. The summed E-state index contributed by atoms with van der Waals surface area (Å²) in [6, 6.07) is 19.0. The number of hydrogen-bond donors (Lipinski definition) is 0. The Morgan fingerprint density at radius 1 is 0.848 bits per heavy atom. The van der Waals surface area contributed by atoms with Crippen molar-refractivity contribution in [1.82, 2.24) is 9.97 Å². The maximum Gasteiger partial charge on any atom is 0.137 e. The molecule has 1 fully saturated rings. The number of pyridine rings is 2. The van der Waals surface area contributed by atoms with E-state index in [0.717, 1.165) is 57.8 Å². The fourth-order valence-corrected chi connectivity index (χ4v) is 4.69. The SMILES string of the molecule is COc1c(-c2ccc(N3CC(C)O[C@H](C)C3)nc2)cnc2c(-c3ccc(C)cc3)cccc12. The van der Waals surface area contributed by atoms with Crippen molar-refractivity contribution in [1.29, 1.82) is 0 Å². The van der Waals surface area contributed by atoms with Crippen LogP contribution in [-0.4, -0.2) is 42.4 Å². The topological polar surface area (TPSA) is 47.5 Å². The zero-order valence-corrected chi connectivity index (χ0v) is 19.6. The second kappa shape index (κ2) is 8.83. The molecule has 5 nitrogen and oxygen atoms in total. The second-order valence-electron chi connectivity index (χ2n) is 8.84. The third-order valence-corrected chi connectivity index (χ3v) is 6.22. The molecular weight excluding hydrogens is 410 g/mol. The van der Waals surface area contributed by atoms with E-state index in [1.807, 2.05) is 12.4 Å². The van der Waals surface area contributed by atoms with Crippen molar-refractivity contribution in [2.45, 2.75) is 33.0 Å². The highest BCUT2D eigenvalue weighted by atomic mass is 16.5. The van der Waals surface area contributed by atoms with Crippen LogP contribution in [0.4, 0.5) is 5.82 Å². The van der Waals surface area contributed by atoms with Crippen molar-refractivity contribution in [3.63, 3.8) is 0 Å². The van der Waals surface area contributed by atoms with Gasteiger partial charge in [0.1, 0.15) is 11.6 Å². The minimum atomic E-state index is 0.197. The number of rotatable bonds is 4. The average Bonchev–Trinajstić information content (AvgIpc) is 2.83. The molecule has 0 bridgehead atoms. The molecule has 0 aliphatic carbocycles. The summed E-state index contributed by atoms with van der Waals surface area (Å²) in [6.45, 7) is 8.00. The summed E-state index contributed by atoms with van der Waals surface area (Å²) in [5.74, 6) is 1.78. The highest BCUT2D eigenvalue weighted by Gasteiger charge is 2.23. The van der Waals surface area contributed by atoms with Crippen molar-refractivity contribution >= 4 is 16.7 Å². The number of aromatic nitrogens is 2. The number of anilines is 1. The van der Waals surface area contributed by atoms with Crippen LogP contribution in [0.15, 0.2) is 67.0 Å². The van der Waals surface area contributed by atoms with Crippen LogP contribution >= 0.6 is 0 Å². The molecule has 2 atom stereocenters. The van der Waals surface area contributed by atoms with Crippen molar-refractivity contribution in [2.24, 2.45) is 0 Å². The lowest BCUT2D eigenvalue weighted by atomic mass is 9.98. The van der Waals surface area contributed by atoms with E-state index in [9.17, 15) is 0 Å². The van der Waals surface area contributed by atoms with E-state index >= 15 is 0 Å². The maximum atomic E-state index is 5.90. The van der Waals surface area contributed by atoms with Crippen molar-refractivity contribution in [3.05, 3.63) is 72.6 Å². The van der Waals surface area contributed by atoms with Gasteiger partial charge in [-0.05, 0) is 44.5 Å². The van der Waals surface area contributed by atoms with E-state index in [1.54, 1.807) is 7.11 Å². The molecule has 1 saturated heterocycles. The number of ether oxygens (including phenoxy) is 2. The third-order valence-electron chi connectivity index (χ3n) is 6.22. The summed E-state index contributed by atoms with van der Waals surface area (Å²) in [4.78, 5) is 11.9. The van der Waals surface area contributed by atoms with Gasteiger partial charge in [0.2, 0.25) is 0 Å². The van der Waals surface area contributed by atoms with Crippen LogP contribution < -0.4 is 9.64 Å². The number of benzene rings is 2. The number of para-hydroxylation sites is 1. The number of nitrogens with zero attached hydrogens (tertiary/aromatic N) is 3. The predicted octanol–water partition coefficient (Wildman–Crippen LogP) is 5.89. The van der Waals surface area contributed by atoms with E-state index in [1.165, 1.54) is 5.56 Å². The third kappa shape index (κ3) is 4.16. The highest BCUT2D eigenvalue weighted by Crippen LogP contribution is 2.39. The zero-order chi connectivity index (χ0) is 22.9. The van der Waals surface area contributed by atoms with Gasteiger partial charge < -0.3 is 14.4 Å². The minimum Gasteiger partial charge on any atom is -0.495 e. The minimum absolute atomic E-state index is 0.197. The molecule has 0 saturated carbocycles. The van der Waals surface area contributed by atoms with Crippen molar-refractivity contribution in [3.8, 4) is 28.0 Å². The first-order valence-corrected chi connectivity index (χ1v) is 11.4. The maximum absolute atomic E-state index is 5.90. The Bertz CT molecular complexity index is 1260. The molecule has 0 amide bonds. The predicted molar refractivity (Wildman–Crippen MR) is 134 cm³/mol. The largest absolute Gasteiger partial charge is 0.495 e. The second-order valence-corrected chi connectivity index (χ2v) is 8.84. The molecule has 4 aromatic rings. The monoisotopic (exact) mass is 439 g/mol. The first-order chi connectivity index (χ1) is 16.0. The first kappa shape index (κ1) is 21.4. The van der Waals surface area contributed by atoms with Gasteiger partial charge in [0.15, 0.2) is 0 Å². The number of hydrogen-bond acceptors (Lipinski definition) is 5. The molecule has 0 radical (unpaired) electrons. The normalized spacial score (nSPS) is 18.5. The lowest BCUT2D eigenvalue weighted by molar-refractivity contribution is -0.00545. The van der Waals surface area contributed by atoms with Crippen molar-refractivity contribution < 1.29 is 9.47 Å². The van der Waals surface area contributed by atoms with Crippen LogP contribution in [0, 0.1) is 6.92 Å². The Hall–Kier alpha value is -3.44. The highest BCUT2D eigenvalue weighted by molar-refractivity contribution is 6.00. The van der Waals surface area contributed by atoms with Crippen LogP contribution in [0.2, 0.25) is 0 Å². The number of methoxy groups -OCH3 is 1. The molecule has 168 valence electrons. The van der Waals surface area contributed by atoms with E-state index in [4.69, 9.17) is 19.4 Å². The molecule has 0 N–H and O–H groups in total. The molecule has 2 aromatic carbocycles. The van der Waals surface area contributed by atoms with Gasteiger partial charge in [-0.1, -0.05) is 42.0 Å². The summed E-state index contributed by atoms with van der Waals surface area (Å²) in [6.07, 6.45) is 4.20. The van der Waals surface area contributed by atoms with Crippen LogP contribution in [0.1, 0.15) is 19.4 Å². The number of aryl methyl sites for hydroxylation is 1. The quantitative estimate of drug-likeness (QED) is 0.397. The Morgan fingerprint density at radius 2 is 1.58 bits per heavy atom. The van der Waals surface area contributed by atoms with Gasteiger partial charge in [-0.25, -0.2) is 4.98 Å². The van der Waals surface area contributed by atoms with Gasteiger partial charge >= 0.3 is 0 Å². The number of fused-ring (bicyclic) bond motifs is 1. The van der Waals surface area contributed by atoms with E-state index in [-0.39, 0.29) is 12.2 Å². The van der Waals surface area contributed by atoms with Gasteiger partial charge in [-0.3, -0.25) is 4.98 Å². The average molecular weight is 440 g/mol. The summed E-state index contributed by atoms with van der Waals surface area (Å²) in [7, 11) is 1.72. The number of morpholine rings is 1. The molecule has 1 aliphatic rings. The summed E-state index contributed by atoms with van der Waals surface area (Å²) in [5, 5.41) is 0.994. The van der Waals surface area contributed by atoms with Gasteiger partial charge in [0.05, 0.1) is 24.8 Å². The molecule has 33 heavy (non-hydrogen) atoms. The molecule has 3 heterocycles. The fraction of sp³-hybridized carbons (Fsp3) is 0.286. The molecule has 0 spiro atoms. The molecule has 5 heteroatoms. The molecule has 1 unspecified atom stereocenters. The molecule has 5 rings (SSSR count). The van der Waals surface area contributed by atoms with E-state index < -0.39 is 0 Å². The summed E-state index contributed by atoms with van der Waals surface area (Å²) < 4.78 is 11.8. The Balaban J connectivity index is 1.53. The molecular formula is C28H29N3O2. The van der Waals surface area contributed by atoms with E-state index in [2.05, 4.69) is 80.3 Å². The molecule has 2 aromatic heterocycles. The first-order valence-electron chi connectivity index (χ1n) is 11.4. The van der Waals surface area contributed by atoms with Crippen LogP contribution in [0.3, 0.4) is 0 Å². The summed E-state index contributed by atoms with van der Waals surface area (Å²) in [5.41, 5.74) is 6.34. The van der Waals surface area contributed by atoms with Crippen LogP contribution in [0.25, 0.3) is 33.2 Å². The van der Waals surface area contributed by atoms with Gasteiger partial charge in [0.25, 0.3) is 0 Å². The Kier molecular flexibility index (Phi) is 5.73. The Labute approximate surface area is 195 Å². The van der Waals surface area contributed by atoms with Gasteiger partial charge in [-0.2, -0.15) is 0 Å². The lowest BCUT2D eigenvalue weighted by Gasteiger charge is -2.36. The van der Waals surface area contributed by atoms with Crippen molar-refractivity contribution in [2.75, 3.05) is 25.1 Å². The standard InChI is InChI=1S/C28H29N3O2/c1-18-8-10-21(11-9-18)23-6-5-7-24-27(23)30-15-25(28(24)32-4)22-12-13-26(29-14-22)31-16-19(2)33-20(3)17-31/h5-15,19-20H,16-17H2,1-4H3/t19-,20?/m1/s1. The van der Waals surface area contributed by atoms with E-state index in [0.29, 0.717) is 0 Å².